The highest BCUT2D eigenvalue weighted by Gasteiger charge is 2.27. The number of benzene rings is 2. The molecule has 0 radical (unpaired) electrons. The van der Waals surface area contributed by atoms with Crippen LogP contribution in [0.2, 0.25) is 0 Å². The lowest BCUT2D eigenvalue weighted by Crippen LogP contribution is -2.45. The second kappa shape index (κ2) is 8.44. The molecule has 0 saturated carbocycles. The topological polar surface area (TPSA) is 75.6 Å². The summed E-state index contributed by atoms with van der Waals surface area (Å²) in [6.07, 6.45) is -0.619. The summed E-state index contributed by atoms with van der Waals surface area (Å²) in [6.45, 7) is 3.87. The number of carboxylic acid groups (broad SMARTS) is 1. The number of nitrogens with one attached hydrogen (secondary N) is 1. The van der Waals surface area contributed by atoms with Gasteiger partial charge in [0, 0.05) is 13.5 Å². The fourth-order valence-electron chi connectivity index (χ4n) is 2.84. The number of hydrogen-bond donors (Lipinski definition) is 2. The number of methoxy groups -OCH3 is 1. The van der Waals surface area contributed by atoms with E-state index in [1.54, 1.807) is 24.3 Å². The van der Waals surface area contributed by atoms with E-state index in [1.165, 1.54) is 7.11 Å². The third-order valence-corrected chi connectivity index (χ3v) is 4.24. The van der Waals surface area contributed by atoms with Crippen molar-refractivity contribution in [3.05, 3.63) is 70.8 Å². The van der Waals surface area contributed by atoms with Gasteiger partial charge in [0.2, 0.25) is 0 Å². The van der Waals surface area contributed by atoms with Gasteiger partial charge in [-0.3, -0.25) is 4.79 Å². The number of hydrogen-bond acceptors (Lipinski definition) is 3. The van der Waals surface area contributed by atoms with Crippen molar-refractivity contribution in [2.24, 2.45) is 0 Å². The lowest BCUT2D eigenvalue weighted by molar-refractivity contribution is -0.144. The van der Waals surface area contributed by atoms with E-state index in [9.17, 15) is 14.7 Å². The summed E-state index contributed by atoms with van der Waals surface area (Å²) in [7, 11) is 1.43. The van der Waals surface area contributed by atoms with Crippen LogP contribution in [0.1, 0.15) is 28.4 Å². The van der Waals surface area contributed by atoms with Gasteiger partial charge in [-0.1, -0.05) is 48.5 Å². The van der Waals surface area contributed by atoms with Crippen LogP contribution in [0.4, 0.5) is 0 Å². The summed E-state index contributed by atoms with van der Waals surface area (Å²) >= 11 is 0. The molecule has 5 heteroatoms. The predicted molar refractivity (Wildman–Crippen MR) is 95.4 cm³/mol. The van der Waals surface area contributed by atoms with E-state index in [0.717, 1.165) is 16.7 Å². The smallest absolute Gasteiger partial charge is 0.326 e. The fraction of sp³-hybridized carbons (Fsp3) is 0.300. The molecule has 25 heavy (non-hydrogen) atoms. The maximum atomic E-state index is 12.6. The summed E-state index contributed by atoms with van der Waals surface area (Å²) in [6, 6.07) is 13.8. The lowest BCUT2D eigenvalue weighted by Gasteiger charge is -2.21. The Morgan fingerprint density at radius 1 is 1.04 bits per heavy atom. The molecule has 2 rings (SSSR count). The Morgan fingerprint density at radius 3 is 2.16 bits per heavy atom. The van der Waals surface area contributed by atoms with E-state index < -0.39 is 24.0 Å². The fourth-order valence-corrected chi connectivity index (χ4v) is 2.84. The first-order valence-corrected chi connectivity index (χ1v) is 8.10. The highest BCUT2D eigenvalue weighted by molar-refractivity contribution is 5.87. The highest BCUT2D eigenvalue weighted by atomic mass is 16.5. The number of rotatable bonds is 7. The van der Waals surface area contributed by atoms with Crippen LogP contribution in [0, 0.1) is 13.8 Å². The SMILES string of the molecule is CO[C@@H](C(=O)N[C@H](Cc1c(C)cccc1C)C(=O)O)c1ccccc1. The third-order valence-electron chi connectivity index (χ3n) is 4.24. The molecule has 0 aromatic heterocycles. The Morgan fingerprint density at radius 2 is 1.64 bits per heavy atom. The number of carboxylic acids is 1. The molecule has 0 fully saturated rings. The Labute approximate surface area is 147 Å². The molecule has 0 aliphatic heterocycles. The average molecular weight is 341 g/mol. The van der Waals surface area contributed by atoms with E-state index in [0.29, 0.717) is 5.56 Å². The predicted octanol–water partition coefficient (Wildman–Crippen LogP) is 2.80. The molecule has 0 spiro atoms. The molecule has 0 unspecified atom stereocenters. The van der Waals surface area contributed by atoms with Crippen molar-refractivity contribution in [1.29, 1.82) is 0 Å². The summed E-state index contributed by atoms with van der Waals surface area (Å²) in [4.78, 5) is 24.2. The number of ether oxygens (including phenoxy) is 1. The van der Waals surface area contributed by atoms with Gasteiger partial charge in [0.15, 0.2) is 6.10 Å². The maximum absolute atomic E-state index is 12.6. The maximum Gasteiger partial charge on any atom is 0.326 e. The molecule has 2 atom stereocenters. The first-order chi connectivity index (χ1) is 11.9. The zero-order chi connectivity index (χ0) is 18.4. The lowest BCUT2D eigenvalue weighted by atomic mass is 9.96. The molecule has 0 aliphatic rings. The van der Waals surface area contributed by atoms with Crippen molar-refractivity contribution in [3.8, 4) is 0 Å². The van der Waals surface area contributed by atoms with Crippen molar-refractivity contribution in [1.82, 2.24) is 5.32 Å². The van der Waals surface area contributed by atoms with Crippen LogP contribution in [0.25, 0.3) is 0 Å². The average Bonchev–Trinajstić information content (AvgIpc) is 2.58. The van der Waals surface area contributed by atoms with Crippen LogP contribution in [0.3, 0.4) is 0 Å². The van der Waals surface area contributed by atoms with E-state index in [2.05, 4.69) is 5.32 Å². The molecule has 2 aromatic carbocycles. The minimum absolute atomic E-state index is 0.227. The molecule has 0 bridgehead atoms. The zero-order valence-corrected chi connectivity index (χ0v) is 14.7. The molecule has 0 heterocycles. The van der Waals surface area contributed by atoms with Crippen LogP contribution >= 0.6 is 0 Å². The van der Waals surface area contributed by atoms with E-state index in [1.807, 2.05) is 38.1 Å². The molecular weight excluding hydrogens is 318 g/mol. The van der Waals surface area contributed by atoms with Gasteiger partial charge in [0.1, 0.15) is 6.04 Å². The zero-order valence-electron chi connectivity index (χ0n) is 14.7. The minimum atomic E-state index is -1.07. The van der Waals surface area contributed by atoms with Gasteiger partial charge in [-0.15, -0.1) is 0 Å². The van der Waals surface area contributed by atoms with Gasteiger partial charge < -0.3 is 15.2 Å². The Kier molecular flexibility index (Phi) is 6.31. The van der Waals surface area contributed by atoms with Crippen molar-refractivity contribution < 1.29 is 19.4 Å². The third kappa shape index (κ3) is 4.67. The van der Waals surface area contributed by atoms with Crippen LogP contribution in [-0.4, -0.2) is 30.1 Å². The van der Waals surface area contributed by atoms with Crippen LogP contribution in [-0.2, 0) is 20.7 Å². The summed E-state index contributed by atoms with van der Waals surface area (Å²) in [5, 5.41) is 12.1. The Bertz CT molecular complexity index is 722. The van der Waals surface area contributed by atoms with E-state index in [4.69, 9.17) is 4.74 Å². The van der Waals surface area contributed by atoms with E-state index >= 15 is 0 Å². The molecule has 0 saturated heterocycles. The van der Waals surface area contributed by atoms with Gasteiger partial charge in [-0.2, -0.15) is 0 Å². The van der Waals surface area contributed by atoms with Crippen molar-refractivity contribution in [2.75, 3.05) is 7.11 Å². The molecule has 5 nitrogen and oxygen atoms in total. The van der Waals surface area contributed by atoms with Crippen molar-refractivity contribution >= 4 is 11.9 Å². The molecule has 1 amide bonds. The van der Waals surface area contributed by atoms with E-state index in [-0.39, 0.29) is 6.42 Å². The van der Waals surface area contributed by atoms with Crippen LogP contribution < -0.4 is 5.32 Å². The first-order valence-electron chi connectivity index (χ1n) is 8.10. The molecule has 132 valence electrons. The largest absolute Gasteiger partial charge is 0.480 e. The number of carbonyl (C=O) groups is 2. The Hall–Kier alpha value is -2.66. The second-order valence-electron chi connectivity index (χ2n) is 6.00. The molecule has 2 N–H and O–H groups in total. The monoisotopic (exact) mass is 341 g/mol. The molecule has 2 aromatic rings. The van der Waals surface area contributed by atoms with Gasteiger partial charge in [-0.25, -0.2) is 4.79 Å². The van der Waals surface area contributed by atoms with Gasteiger partial charge in [-0.05, 0) is 36.1 Å². The Balaban J connectivity index is 2.18. The van der Waals surface area contributed by atoms with Crippen LogP contribution in [0.15, 0.2) is 48.5 Å². The van der Waals surface area contributed by atoms with Crippen molar-refractivity contribution in [3.63, 3.8) is 0 Å². The van der Waals surface area contributed by atoms with Crippen LogP contribution in [0.5, 0.6) is 0 Å². The normalized spacial score (nSPS) is 13.1. The summed E-state index contributed by atoms with van der Waals surface area (Å²) in [5.74, 6) is -1.54. The summed E-state index contributed by atoms with van der Waals surface area (Å²) < 4.78 is 5.27. The van der Waals surface area contributed by atoms with Gasteiger partial charge in [0.05, 0.1) is 0 Å². The number of aryl methyl sites for hydroxylation is 2. The number of amides is 1. The minimum Gasteiger partial charge on any atom is -0.480 e. The quantitative estimate of drug-likeness (QED) is 0.812. The second-order valence-corrected chi connectivity index (χ2v) is 6.00. The number of carbonyl (C=O) groups excluding carboxylic acids is 1. The number of aliphatic carboxylic acids is 1. The van der Waals surface area contributed by atoms with Gasteiger partial charge >= 0.3 is 5.97 Å². The summed E-state index contributed by atoms with van der Waals surface area (Å²) in [5.41, 5.74) is 3.63. The molecular formula is C20H23NO4. The molecule has 0 aliphatic carbocycles. The standard InChI is InChI=1S/C20H23NO4/c1-13-8-7-9-14(2)16(13)12-17(20(23)24)21-19(22)18(25-3)15-10-5-4-6-11-15/h4-11,17-18H,12H2,1-3H3,(H,21,22)(H,23,24)/t17-,18-/m1/s1. The van der Waals surface area contributed by atoms with Gasteiger partial charge in [0.25, 0.3) is 5.91 Å². The first kappa shape index (κ1) is 18.7. The highest BCUT2D eigenvalue weighted by Crippen LogP contribution is 2.19. The van der Waals surface area contributed by atoms with Crippen molar-refractivity contribution in [2.45, 2.75) is 32.4 Å².